The zero-order valence-corrected chi connectivity index (χ0v) is 18.7. The van der Waals surface area contributed by atoms with Crippen LogP contribution in [0.4, 0.5) is 16.3 Å². The van der Waals surface area contributed by atoms with Gasteiger partial charge in [0.15, 0.2) is 5.82 Å². The summed E-state index contributed by atoms with van der Waals surface area (Å²) in [5.41, 5.74) is 8.12. The molecule has 2 saturated heterocycles. The van der Waals surface area contributed by atoms with E-state index in [0.717, 1.165) is 34.4 Å². The second-order valence-corrected chi connectivity index (χ2v) is 9.74. The maximum absolute atomic E-state index is 12.0. The monoisotopic (exact) mass is 436 g/mol. The summed E-state index contributed by atoms with van der Waals surface area (Å²) in [5, 5.41) is 15.2. The summed E-state index contributed by atoms with van der Waals surface area (Å²) in [4.78, 5) is 20.4. The van der Waals surface area contributed by atoms with Crippen LogP contribution < -0.4 is 15.4 Å². The fourth-order valence-electron chi connectivity index (χ4n) is 5.36. The highest BCUT2D eigenvalue weighted by atomic mass is 16.5. The number of anilines is 2. The molecule has 9 nitrogen and oxygen atoms in total. The third-order valence-corrected chi connectivity index (χ3v) is 7.19. The lowest BCUT2D eigenvalue weighted by Gasteiger charge is -2.48. The minimum absolute atomic E-state index is 0.113. The normalized spacial score (nSPS) is 22.7. The number of hydrogen-bond acceptors (Lipinski definition) is 6. The van der Waals surface area contributed by atoms with Gasteiger partial charge in [-0.05, 0) is 30.0 Å². The summed E-state index contributed by atoms with van der Waals surface area (Å²) in [5.74, 6) is 1.16. The van der Waals surface area contributed by atoms with Crippen LogP contribution in [0.25, 0.3) is 16.6 Å². The van der Waals surface area contributed by atoms with Crippen LogP contribution >= 0.6 is 0 Å². The lowest BCUT2D eigenvalue weighted by atomic mass is 9.73. The average molecular weight is 437 g/mol. The van der Waals surface area contributed by atoms with Crippen molar-refractivity contribution < 1.29 is 14.6 Å². The van der Waals surface area contributed by atoms with E-state index >= 15 is 0 Å². The Morgan fingerprint density at radius 3 is 2.69 bits per heavy atom. The van der Waals surface area contributed by atoms with Gasteiger partial charge >= 0.3 is 6.09 Å². The van der Waals surface area contributed by atoms with Gasteiger partial charge < -0.3 is 20.5 Å². The third kappa shape index (κ3) is 2.80. The Balaban J connectivity index is 1.54. The number of carbonyl (C=O) groups is 1. The summed E-state index contributed by atoms with van der Waals surface area (Å²) < 4.78 is 7.15. The Kier molecular flexibility index (Phi) is 4.31. The quantitative estimate of drug-likeness (QED) is 0.648. The Morgan fingerprint density at radius 1 is 1.25 bits per heavy atom. The predicted molar refractivity (Wildman–Crippen MR) is 122 cm³/mol. The Bertz CT molecular complexity index is 1220. The first kappa shape index (κ1) is 20.4. The third-order valence-electron chi connectivity index (χ3n) is 7.19. The van der Waals surface area contributed by atoms with Gasteiger partial charge in [-0.25, -0.2) is 9.48 Å². The predicted octanol–water partition coefficient (Wildman–Crippen LogP) is 3.37. The number of nitrogens with zero attached hydrogens (tertiary/aromatic N) is 5. The van der Waals surface area contributed by atoms with Crippen molar-refractivity contribution in [1.29, 1.82) is 0 Å². The lowest BCUT2D eigenvalue weighted by molar-refractivity contribution is 0.0363. The minimum Gasteiger partial charge on any atom is -0.497 e. The molecule has 32 heavy (non-hydrogen) atoms. The van der Waals surface area contributed by atoms with Gasteiger partial charge in [0.05, 0.1) is 41.9 Å². The van der Waals surface area contributed by atoms with Crippen LogP contribution in [-0.2, 0) is 0 Å². The number of fused-ring (bicyclic) bond motifs is 3. The number of methoxy groups -OCH3 is 1. The fraction of sp³-hybridized carbons (Fsp3) is 0.435. The number of likely N-dealkylation sites (tertiary alicyclic amines) is 1. The average Bonchev–Trinajstić information content (AvgIpc) is 3.44. The smallest absolute Gasteiger partial charge is 0.407 e. The number of nitrogen functional groups attached to an aromatic ring is 1. The van der Waals surface area contributed by atoms with Crippen LogP contribution in [0.15, 0.2) is 36.7 Å². The van der Waals surface area contributed by atoms with Crippen LogP contribution in [0.5, 0.6) is 5.75 Å². The van der Waals surface area contributed by atoms with E-state index in [1.807, 2.05) is 30.5 Å². The molecule has 1 amide bonds. The zero-order valence-electron chi connectivity index (χ0n) is 18.7. The molecule has 9 heteroatoms. The summed E-state index contributed by atoms with van der Waals surface area (Å²) in [6.45, 7) is 7.49. The van der Waals surface area contributed by atoms with E-state index in [9.17, 15) is 9.90 Å². The molecule has 2 bridgehead atoms. The number of hydrogen-bond donors (Lipinski definition) is 2. The molecule has 0 spiro atoms. The van der Waals surface area contributed by atoms with E-state index < -0.39 is 11.6 Å². The van der Waals surface area contributed by atoms with Crippen molar-refractivity contribution in [2.24, 2.45) is 5.41 Å². The molecule has 2 atom stereocenters. The Morgan fingerprint density at radius 2 is 2.00 bits per heavy atom. The molecule has 168 valence electrons. The summed E-state index contributed by atoms with van der Waals surface area (Å²) in [7, 11) is 1.63. The van der Waals surface area contributed by atoms with Gasteiger partial charge in [-0.3, -0.25) is 9.88 Å². The van der Waals surface area contributed by atoms with Crippen molar-refractivity contribution in [3.8, 4) is 11.4 Å². The molecule has 0 aliphatic carbocycles. The first-order chi connectivity index (χ1) is 15.1. The number of aromatic nitrogens is 3. The number of amides is 1. The molecule has 4 heterocycles. The molecule has 3 aromatic rings. The van der Waals surface area contributed by atoms with Gasteiger partial charge in [0.1, 0.15) is 5.75 Å². The van der Waals surface area contributed by atoms with Gasteiger partial charge in [-0.2, -0.15) is 0 Å². The number of pyridine rings is 1. The highest BCUT2D eigenvalue weighted by molar-refractivity contribution is 5.91. The van der Waals surface area contributed by atoms with Crippen LogP contribution in [0.2, 0.25) is 0 Å². The van der Waals surface area contributed by atoms with Gasteiger partial charge in [0.25, 0.3) is 0 Å². The molecule has 2 fully saturated rings. The fourth-order valence-corrected chi connectivity index (χ4v) is 5.36. The van der Waals surface area contributed by atoms with Crippen molar-refractivity contribution in [3.63, 3.8) is 0 Å². The lowest BCUT2D eigenvalue weighted by Crippen LogP contribution is -2.61. The highest BCUT2D eigenvalue weighted by Gasteiger charge is 2.61. The van der Waals surface area contributed by atoms with Gasteiger partial charge in [0, 0.05) is 30.6 Å². The molecule has 0 radical (unpaired) electrons. The van der Waals surface area contributed by atoms with Gasteiger partial charge in [-0.1, -0.05) is 20.8 Å². The molecular weight excluding hydrogens is 408 g/mol. The molecular formula is C23H28N6O3. The molecule has 2 aliphatic heterocycles. The number of nitrogens with two attached hydrogens (primary N) is 1. The van der Waals surface area contributed by atoms with E-state index in [-0.39, 0.29) is 11.5 Å². The van der Waals surface area contributed by atoms with E-state index in [1.165, 1.54) is 0 Å². The summed E-state index contributed by atoms with van der Waals surface area (Å²) in [6.07, 6.45) is 3.55. The summed E-state index contributed by atoms with van der Waals surface area (Å²) >= 11 is 0. The van der Waals surface area contributed by atoms with Crippen LogP contribution in [0.3, 0.4) is 0 Å². The van der Waals surface area contributed by atoms with Crippen molar-refractivity contribution in [2.75, 3.05) is 30.8 Å². The van der Waals surface area contributed by atoms with Crippen LogP contribution in [-0.4, -0.2) is 62.6 Å². The number of ether oxygens (including phenoxy) is 1. The molecule has 0 saturated carbocycles. The molecule has 5 rings (SSSR count). The number of piperazine rings is 1. The van der Waals surface area contributed by atoms with E-state index in [2.05, 4.69) is 35.8 Å². The van der Waals surface area contributed by atoms with Crippen molar-refractivity contribution in [2.45, 2.75) is 38.8 Å². The number of benzene rings is 1. The largest absolute Gasteiger partial charge is 0.497 e. The number of rotatable bonds is 3. The summed E-state index contributed by atoms with van der Waals surface area (Å²) in [6, 6.07) is 7.82. The van der Waals surface area contributed by atoms with Crippen molar-refractivity contribution in [1.82, 2.24) is 19.7 Å². The molecule has 0 unspecified atom stereocenters. The van der Waals surface area contributed by atoms with E-state index in [4.69, 9.17) is 10.5 Å². The SMILES string of the molecule is COc1ccc2c(N)nn(-c3cncc(N4C[C@@]5(C(C)(C)C)C[C@H]4CN5C(=O)O)c3)c2c1. The standard InChI is InChI=1S/C23H28N6O3/c1-22(2,3)23-9-16(12-28(23)21(30)31)27(13-23)14-7-15(11-25-10-14)29-19-8-17(32-4)5-6-18(19)20(24)26-29/h5-8,10-11,16H,9,12-13H2,1-4H3,(H2,24,26)(H,30,31)/t16-,23+/m0/s1. The van der Waals surface area contributed by atoms with Gasteiger partial charge in [-0.15, -0.1) is 5.10 Å². The molecule has 1 aromatic carbocycles. The van der Waals surface area contributed by atoms with Crippen molar-refractivity contribution >= 4 is 28.5 Å². The maximum atomic E-state index is 12.0. The Labute approximate surface area is 186 Å². The molecule has 3 N–H and O–H groups in total. The first-order valence-corrected chi connectivity index (χ1v) is 10.7. The van der Waals surface area contributed by atoms with Crippen molar-refractivity contribution in [3.05, 3.63) is 36.7 Å². The second-order valence-electron chi connectivity index (χ2n) is 9.74. The van der Waals surface area contributed by atoms with E-state index in [0.29, 0.717) is 18.9 Å². The topological polar surface area (TPSA) is 110 Å². The second kappa shape index (κ2) is 6.75. The van der Waals surface area contributed by atoms with Crippen LogP contribution in [0, 0.1) is 5.41 Å². The van der Waals surface area contributed by atoms with Gasteiger partial charge in [0.2, 0.25) is 0 Å². The minimum atomic E-state index is -0.846. The zero-order chi connectivity index (χ0) is 22.8. The van der Waals surface area contributed by atoms with E-state index in [1.54, 1.807) is 22.9 Å². The maximum Gasteiger partial charge on any atom is 0.407 e. The molecule has 2 aliphatic rings. The Hall–Kier alpha value is -3.49. The van der Waals surface area contributed by atoms with Crippen LogP contribution in [0.1, 0.15) is 27.2 Å². The highest BCUT2D eigenvalue weighted by Crippen LogP contribution is 2.51. The number of carboxylic acid groups (broad SMARTS) is 1. The first-order valence-electron chi connectivity index (χ1n) is 10.7. The molecule has 2 aromatic heterocycles.